The van der Waals surface area contributed by atoms with Crippen LogP contribution >= 0.6 is 28.3 Å². The Balaban J connectivity index is 0.00000225. The highest BCUT2D eigenvalue weighted by Crippen LogP contribution is 2.26. The molecule has 0 bridgehead atoms. The summed E-state index contributed by atoms with van der Waals surface area (Å²) in [6.07, 6.45) is 2.24. The maximum absolute atomic E-state index is 6.16. The predicted molar refractivity (Wildman–Crippen MR) is 77.1 cm³/mol. The molecule has 1 atom stereocenters. The molecule has 0 aliphatic rings. The first-order valence-electron chi connectivity index (χ1n) is 5.52. The smallest absolute Gasteiger partial charge is 0.0306 e. The number of hydrogen-bond acceptors (Lipinski definition) is 1. The van der Waals surface area contributed by atoms with E-state index in [4.69, 9.17) is 5.73 Å². The van der Waals surface area contributed by atoms with E-state index in [2.05, 4.69) is 54.9 Å². The molecule has 0 aromatic heterocycles. The second kappa shape index (κ2) is 7.31. The van der Waals surface area contributed by atoms with Gasteiger partial charge in [0.05, 0.1) is 0 Å². The number of hydrogen-bond donors (Lipinski definition) is 1. The molecule has 0 amide bonds. The van der Waals surface area contributed by atoms with E-state index in [1.807, 2.05) is 0 Å². The van der Waals surface area contributed by atoms with Gasteiger partial charge in [0.25, 0.3) is 0 Å². The Morgan fingerprint density at radius 2 is 1.88 bits per heavy atom. The van der Waals surface area contributed by atoms with Crippen LogP contribution in [0.5, 0.6) is 0 Å². The van der Waals surface area contributed by atoms with Gasteiger partial charge in [-0.15, -0.1) is 12.4 Å². The van der Waals surface area contributed by atoms with Crippen LogP contribution in [-0.2, 0) is 0 Å². The molecule has 2 N–H and O–H groups in total. The third kappa shape index (κ3) is 4.86. The molecule has 0 aliphatic carbocycles. The topological polar surface area (TPSA) is 26.0 Å². The maximum Gasteiger partial charge on any atom is 0.0306 e. The van der Waals surface area contributed by atoms with Gasteiger partial charge in [0.15, 0.2) is 0 Å². The van der Waals surface area contributed by atoms with Crippen LogP contribution in [0.4, 0.5) is 0 Å². The van der Waals surface area contributed by atoms with Crippen LogP contribution in [0.3, 0.4) is 0 Å². The Kier molecular flexibility index (Phi) is 7.29. The van der Waals surface area contributed by atoms with Gasteiger partial charge in [-0.1, -0.05) is 41.9 Å². The van der Waals surface area contributed by atoms with Crippen molar-refractivity contribution in [3.05, 3.63) is 33.8 Å². The standard InChI is InChI=1S/C13H20BrN.ClH/c1-9(2)4-7-13(15)11-6-5-10(3)8-12(11)14;/h5-6,8-9,13H,4,7,15H2,1-3H3;1H/t13-;/m0./s1. The van der Waals surface area contributed by atoms with Crippen molar-refractivity contribution < 1.29 is 0 Å². The normalized spacial score (nSPS) is 12.4. The minimum atomic E-state index is 0. The summed E-state index contributed by atoms with van der Waals surface area (Å²) < 4.78 is 1.14. The summed E-state index contributed by atoms with van der Waals surface area (Å²) in [6, 6.07) is 6.53. The Morgan fingerprint density at radius 3 is 2.38 bits per heavy atom. The summed E-state index contributed by atoms with van der Waals surface area (Å²) in [4.78, 5) is 0. The zero-order valence-electron chi connectivity index (χ0n) is 10.2. The number of halogens is 2. The third-order valence-electron chi connectivity index (χ3n) is 2.61. The molecule has 1 aromatic carbocycles. The van der Waals surface area contributed by atoms with Gasteiger partial charge in [0.2, 0.25) is 0 Å². The molecule has 0 unspecified atom stereocenters. The summed E-state index contributed by atoms with van der Waals surface area (Å²) >= 11 is 3.57. The van der Waals surface area contributed by atoms with Crippen molar-refractivity contribution in [2.24, 2.45) is 11.7 Å². The van der Waals surface area contributed by atoms with Gasteiger partial charge in [-0.05, 0) is 42.9 Å². The first-order valence-corrected chi connectivity index (χ1v) is 6.31. The highest BCUT2D eigenvalue weighted by molar-refractivity contribution is 9.10. The summed E-state index contributed by atoms with van der Waals surface area (Å²) in [5.41, 5.74) is 8.65. The lowest BCUT2D eigenvalue weighted by atomic mass is 9.98. The average molecular weight is 307 g/mol. The van der Waals surface area contributed by atoms with E-state index in [1.165, 1.54) is 17.5 Å². The fraction of sp³-hybridized carbons (Fsp3) is 0.538. The lowest BCUT2D eigenvalue weighted by Gasteiger charge is -2.15. The quantitative estimate of drug-likeness (QED) is 0.863. The number of nitrogens with two attached hydrogens (primary N) is 1. The van der Waals surface area contributed by atoms with E-state index in [9.17, 15) is 0 Å². The van der Waals surface area contributed by atoms with Crippen LogP contribution < -0.4 is 5.73 Å². The first-order chi connectivity index (χ1) is 7.00. The van der Waals surface area contributed by atoms with E-state index in [0.29, 0.717) is 0 Å². The molecular weight excluding hydrogens is 286 g/mol. The second-order valence-corrected chi connectivity index (χ2v) is 5.46. The van der Waals surface area contributed by atoms with Crippen molar-refractivity contribution in [1.82, 2.24) is 0 Å². The van der Waals surface area contributed by atoms with Crippen molar-refractivity contribution in [1.29, 1.82) is 0 Å². The summed E-state index contributed by atoms with van der Waals surface area (Å²) in [6.45, 7) is 6.56. The van der Waals surface area contributed by atoms with Crippen LogP contribution in [0.1, 0.15) is 43.9 Å². The fourth-order valence-corrected chi connectivity index (χ4v) is 2.39. The largest absolute Gasteiger partial charge is 0.324 e. The SMILES string of the molecule is Cc1ccc([C@@H](N)CCC(C)C)c(Br)c1.Cl. The first kappa shape index (κ1) is 16.0. The van der Waals surface area contributed by atoms with Gasteiger partial charge in [-0.25, -0.2) is 0 Å². The summed E-state index contributed by atoms with van der Waals surface area (Å²) in [5, 5.41) is 0. The molecule has 0 heterocycles. The van der Waals surface area contributed by atoms with Gasteiger partial charge >= 0.3 is 0 Å². The fourth-order valence-electron chi connectivity index (χ4n) is 1.60. The molecule has 3 heteroatoms. The summed E-state index contributed by atoms with van der Waals surface area (Å²) in [7, 11) is 0. The Hall–Kier alpha value is -0.0500. The van der Waals surface area contributed by atoms with Gasteiger partial charge in [-0.3, -0.25) is 0 Å². The number of benzene rings is 1. The molecule has 0 fully saturated rings. The number of rotatable bonds is 4. The molecule has 1 nitrogen and oxygen atoms in total. The van der Waals surface area contributed by atoms with Gasteiger partial charge in [0, 0.05) is 10.5 Å². The molecule has 1 rings (SSSR count). The van der Waals surface area contributed by atoms with E-state index in [-0.39, 0.29) is 18.4 Å². The Labute approximate surface area is 113 Å². The van der Waals surface area contributed by atoms with E-state index in [1.54, 1.807) is 0 Å². The molecule has 16 heavy (non-hydrogen) atoms. The average Bonchev–Trinajstić information content (AvgIpc) is 2.14. The molecule has 0 saturated carbocycles. The van der Waals surface area contributed by atoms with Crippen molar-refractivity contribution in [3.8, 4) is 0 Å². The molecule has 0 spiro atoms. The molecule has 0 radical (unpaired) electrons. The third-order valence-corrected chi connectivity index (χ3v) is 3.30. The molecule has 1 aromatic rings. The molecule has 0 aliphatic heterocycles. The van der Waals surface area contributed by atoms with Crippen LogP contribution in [0.15, 0.2) is 22.7 Å². The molecule has 0 saturated heterocycles. The summed E-state index contributed by atoms with van der Waals surface area (Å²) in [5.74, 6) is 0.722. The Bertz CT molecular complexity index is 326. The van der Waals surface area contributed by atoms with E-state index in [0.717, 1.165) is 16.8 Å². The van der Waals surface area contributed by atoms with Crippen LogP contribution in [0.25, 0.3) is 0 Å². The van der Waals surface area contributed by atoms with Crippen molar-refractivity contribution >= 4 is 28.3 Å². The maximum atomic E-state index is 6.16. The lowest BCUT2D eigenvalue weighted by Crippen LogP contribution is -2.11. The van der Waals surface area contributed by atoms with Crippen molar-refractivity contribution in [3.63, 3.8) is 0 Å². The zero-order valence-corrected chi connectivity index (χ0v) is 12.6. The Morgan fingerprint density at radius 1 is 1.25 bits per heavy atom. The lowest BCUT2D eigenvalue weighted by molar-refractivity contribution is 0.506. The predicted octanol–water partition coefficient (Wildman–Crippen LogP) is 4.62. The molecular formula is C13H21BrClN. The van der Waals surface area contributed by atoms with Gasteiger partial charge in [0.1, 0.15) is 0 Å². The minimum absolute atomic E-state index is 0. The monoisotopic (exact) mass is 305 g/mol. The zero-order chi connectivity index (χ0) is 11.4. The highest BCUT2D eigenvalue weighted by Gasteiger charge is 2.10. The van der Waals surface area contributed by atoms with Crippen LogP contribution in [0, 0.1) is 12.8 Å². The number of aryl methyl sites for hydroxylation is 1. The second-order valence-electron chi connectivity index (χ2n) is 4.60. The van der Waals surface area contributed by atoms with Crippen LogP contribution in [-0.4, -0.2) is 0 Å². The van der Waals surface area contributed by atoms with Crippen molar-refractivity contribution in [2.75, 3.05) is 0 Å². The van der Waals surface area contributed by atoms with E-state index >= 15 is 0 Å². The highest BCUT2D eigenvalue weighted by atomic mass is 79.9. The van der Waals surface area contributed by atoms with Gasteiger partial charge in [-0.2, -0.15) is 0 Å². The van der Waals surface area contributed by atoms with Gasteiger partial charge < -0.3 is 5.73 Å². The van der Waals surface area contributed by atoms with E-state index < -0.39 is 0 Å². The van der Waals surface area contributed by atoms with Crippen LogP contribution in [0.2, 0.25) is 0 Å². The van der Waals surface area contributed by atoms with Crippen molar-refractivity contribution in [2.45, 2.75) is 39.7 Å². The minimum Gasteiger partial charge on any atom is -0.324 e. The molecule has 92 valence electrons.